The molecule has 1 aromatic carbocycles. The molecule has 1 aromatic heterocycles. The molecule has 19 heavy (non-hydrogen) atoms. The first-order valence-electron chi connectivity index (χ1n) is 5.68. The first kappa shape index (κ1) is 13.2. The summed E-state index contributed by atoms with van der Waals surface area (Å²) in [7, 11) is 0. The average molecular weight is 264 g/mol. The highest BCUT2D eigenvalue weighted by molar-refractivity contribution is 5.92. The number of nitrogens with zero attached hydrogens (tertiary/aromatic N) is 1. The molecule has 0 bridgehead atoms. The molecule has 0 fully saturated rings. The Balaban J connectivity index is 2.03. The number of carbonyl (C=O) groups excluding carboxylic acids is 1. The highest BCUT2D eigenvalue weighted by Crippen LogP contribution is 2.11. The number of carbonyl (C=O) groups is 1. The average Bonchev–Trinajstić information content (AvgIpc) is 2.83. The number of aromatic nitrogens is 1. The molecule has 0 radical (unpaired) electrons. The monoisotopic (exact) mass is 264 g/mol. The zero-order chi connectivity index (χ0) is 13.8. The van der Waals surface area contributed by atoms with Crippen molar-refractivity contribution in [2.75, 3.05) is 0 Å². The van der Waals surface area contributed by atoms with Gasteiger partial charge in [0.15, 0.2) is 12.1 Å². The van der Waals surface area contributed by atoms with Crippen LogP contribution in [0.3, 0.4) is 0 Å². The molecule has 0 atom stereocenters. The smallest absolute Gasteiger partial charge is 0.273 e. The van der Waals surface area contributed by atoms with Crippen molar-refractivity contribution in [1.82, 2.24) is 10.3 Å². The summed E-state index contributed by atoms with van der Waals surface area (Å²) in [5, 5.41) is 11.6. The molecule has 1 heterocycles. The Morgan fingerprint density at radius 1 is 1.53 bits per heavy atom. The van der Waals surface area contributed by atoms with Crippen LogP contribution in [0.1, 0.15) is 27.4 Å². The third-order valence-electron chi connectivity index (χ3n) is 2.69. The molecular formula is C13H13FN2O3. The van der Waals surface area contributed by atoms with Gasteiger partial charge in [-0.05, 0) is 24.6 Å². The minimum atomic E-state index is -0.468. The van der Waals surface area contributed by atoms with Gasteiger partial charge in [0.2, 0.25) is 0 Å². The van der Waals surface area contributed by atoms with Crippen LogP contribution in [0.15, 0.2) is 29.0 Å². The second kappa shape index (κ2) is 5.62. The number of rotatable bonds is 4. The van der Waals surface area contributed by atoms with Crippen molar-refractivity contribution in [1.29, 1.82) is 0 Å². The first-order chi connectivity index (χ1) is 9.11. The van der Waals surface area contributed by atoms with Crippen molar-refractivity contribution in [2.24, 2.45) is 0 Å². The van der Waals surface area contributed by atoms with E-state index in [0.29, 0.717) is 11.3 Å². The predicted octanol–water partition coefficient (Wildman–Crippen LogP) is 1.54. The number of oxazole rings is 1. The van der Waals surface area contributed by atoms with Gasteiger partial charge in [-0.1, -0.05) is 6.07 Å². The number of amides is 1. The number of benzene rings is 1. The predicted molar refractivity (Wildman–Crippen MR) is 64.7 cm³/mol. The number of aliphatic hydroxyl groups excluding tert-OH is 1. The maximum absolute atomic E-state index is 13.2. The lowest BCUT2D eigenvalue weighted by atomic mass is 10.1. The van der Waals surface area contributed by atoms with Crippen molar-refractivity contribution in [2.45, 2.75) is 20.1 Å². The fourth-order valence-corrected chi connectivity index (χ4v) is 1.65. The molecule has 0 saturated carbocycles. The molecule has 5 nitrogen and oxygen atoms in total. The second-order valence-electron chi connectivity index (χ2n) is 4.02. The molecule has 100 valence electrons. The minimum absolute atomic E-state index is 0.198. The zero-order valence-corrected chi connectivity index (χ0v) is 10.3. The highest BCUT2D eigenvalue weighted by Gasteiger charge is 2.13. The summed E-state index contributed by atoms with van der Waals surface area (Å²) in [6.45, 7) is 1.48. The van der Waals surface area contributed by atoms with Crippen LogP contribution in [-0.2, 0) is 13.2 Å². The first-order valence-corrected chi connectivity index (χ1v) is 5.68. The summed E-state index contributed by atoms with van der Waals surface area (Å²) in [5.41, 5.74) is 1.12. The van der Waals surface area contributed by atoms with Gasteiger partial charge >= 0.3 is 0 Å². The van der Waals surface area contributed by atoms with Gasteiger partial charge in [0, 0.05) is 12.1 Å². The molecule has 0 aliphatic rings. The van der Waals surface area contributed by atoms with Crippen LogP contribution in [0.2, 0.25) is 0 Å². The van der Waals surface area contributed by atoms with Gasteiger partial charge in [-0.3, -0.25) is 4.79 Å². The van der Waals surface area contributed by atoms with Gasteiger partial charge in [0.05, 0.1) is 6.61 Å². The summed E-state index contributed by atoms with van der Waals surface area (Å²) in [4.78, 5) is 15.6. The maximum atomic E-state index is 13.2. The standard InChI is InChI=1S/C13H13FN2O3/c1-8-12(16-7-19-8)13(18)15-5-9-2-3-11(14)10(4-9)6-17/h2-4,7,17H,5-6H2,1H3,(H,15,18). The van der Waals surface area contributed by atoms with E-state index in [-0.39, 0.29) is 30.3 Å². The summed E-state index contributed by atoms with van der Waals surface area (Å²) in [5.74, 6) is -0.390. The van der Waals surface area contributed by atoms with Crippen LogP contribution in [0.5, 0.6) is 0 Å². The van der Waals surface area contributed by atoms with Gasteiger partial charge < -0.3 is 14.8 Å². The van der Waals surface area contributed by atoms with Crippen LogP contribution in [0.25, 0.3) is 0 Å². The van der Waals surface area contributed by atoms with Crippen molar-refractivity contribution in [3.63, 3.8) is 0 Å². The van der Waals surface area contributed by atoms with Crippen molar-refractivity contribution < 1.29 is 18.7 Å². The van der Waals surface area contributed by atoms with E-state index >= 15 is 0 Å². The molecular weight excluding hydrogens is 251 g/mol. The Morgan fingerprint density at radius 3 is 2.95 bits per heavy atom. The number of hydrogen-bond donors (Lipinski definition) is 2. The van der Waals surface area contributed by atoms with Crippen molar-refractivity contribution in [3.05, 3.63) is 53.0 Å². The molecule has 0 spiro atoms. The normalized spacial score (nSPS) is 10.5. The Hall–Kier alpha value is -2.21. The van der Waals surface area contributed by atoms with Gasteiger partial charge in [0.25, 0.3) is 5.91 Å². The molecule has 0 aliphatic carbocycles. The Morgan fingerprint density at radius 2 is 2.32 bits per heavy atom. The van der Waals surface area contributed by atoms with Crippen LogP contribution in [-0.4, -0.2) is 16.0 Å². The van der Waals surface area contributed by atoms with Crippen LogP contribution in [0, 0.1) is 12.7 Å². The van der Waals surface area contributed by atoms with E-state index in [2.05, 4.69) is 10.3 Å². The number of aryl methyl sites for hydroxylation is 1. The third-order valence-corrected chi connectivity index (χ3v) is 2.69. The van der Waals surface area contributed by atoms with Crippen LogP contribution < -0.4 is 5.32 Å². The maximum Gasteiger partial charge on any atom is 0.273 e. The molecule has 1 amide bonds. The number of halogens is 1. The summed E-state index contributed by atoms with van der Waals surface area (Å²) < 4.78 is 18.1. The minimum Gasteiger partial charge on any atom is -0.448 e. The van der Waals surface area contributed by atoms with Gasteiger partial charge in [-0.15, -0.1) is 0 Å². The number of nitrogens with one attached hydrogen (secondary N) is 1. The van der Waals surface area contributed by atoms with Crippen molar-refractivity contribution in [3.8, 4) is 0 Å². The lowest BCUT2D eigenvalue weighted by Crippen LogP contribution is -2.23. The summed E-state index contributed by atoms with van der Waals surface area (Å²) in [6, 6.07) is 4.31. The lowest BCUT2D eigenvalue weighted by Gasteiger charge is -2.06. The molecule has 0 unspecified atom stereocenters. The molecule has 2 N–H and O–H groups in total. The topological polar surface area (TPSA) is 75.4 Å². The van der Waals surface area contributed by atoms with Crippen molar-refractivity contribution >= 4 is 5.91 Å². The molecule has 2 rings (SSSR count). The van der Waals surface area contributed by atoms with E-state index in [1.165, 1.54) is 18.5 Å². The van der Waals surface area contributed by atoms with Gasteiger partial charge in [-0.25, -0.2) is 9.37 Å². The second-order valence-corrected chi connectivity index (χ2v) is 4.02. The largest absolute Gasteiger partial charge is 0.448 e. The van der Waals surface area contributed by atoms with Gasteiger partial charge in [0.1, 0.15) is 11.6 Å². The third kappa shape index (κ3) is 2.97. The summed E-state index contributed by atoms with van der Waals surface area (Å²) in [6.07, 6.45) is 1.20. The van der Waals surface area contributed by atoms with E-state index in [4.69, 9.17) is 9.52 Å². The fraction of sp³-hybridized carbons (Fsp3) is 0.231. The Labute approximate surface area is 109 Å². The molecule has 0 saturated heterocycles. The quantitative estimate of drug-likeness (QED) is 0.878. The van der Waals surface area contributed by atoms with E-state index in [0.717, 1.165) is 0 Å². The molecule has 6 heteroatoms. The Bertz CT molecular complexity index is 595. The van der Waals surface area contributed by atoms with E-state index < -0.39 is 5.82 Å². The van der Waals surface area contributed by atoms with E-state index in [1.807, 2.05) is 0 Å². The van der Waals surface area contributed by atoms with Crippen LogP contribution in [0.4, 0.5) is 4.39 Å². The number of aliphatic hydroxyl groups is 1. The SMILES string of the molecule is Cc1ocnc1C(=O)NCc1ccc(F)c(CO)c1. The molecule has 2 aromatic rings. The van der Waals surface area contributed by atoms with E-state index in [1.54, 1.807) is 13.0 Å². The highest BCUT2D eigenvalue weighted by atomic mass is 19.1. The summed E-state index contributed by atoms with van der Waals surface area (Å²) >= 11 is 0. The van der Waals surface area contributed by atoms with Gasteiger partial charge in [-0.2, -0.15) is 0 Å². The number of hydrogen-bond acceptors (Lipinski definition) is 4. The molecule has 0 aliphatic heterocycles. The lowest BCUT2D eigenvalue weighted by molar-refractivity contribution is 0.0945. The van der Waals surface area contributed by atoms with Crippen LogP contribution >= 0.6 is 0 Å². The Kier molecular flexibility index (Phi) is 3.91. The van der Waals surface area contributed by atoms with E-state index in [9.17, 15) is 9.18 Å². The zero-order valence-electron chi connectivity index (χ0n) is 10.3. The fourth-order valence-electron chi connectivity index (χ4n) is 1.65.